The molecule has 0 aliphatic carbocycles. The number of carbonyl (C=O) groups is 1. The summed E-state index contributed by atoms with van der Waals surface area (Å²) in [6, 6.07) is 7.75. The van der Waals surface area contributed by atoms with Gasteiger partial charge in [0.2, 0.25) is 0 Å². The van der Waals surface area contributed by atoms with E-state index < -0.39 is 0 Å². The van der Waals surface area contributed by atoms with Crippen molar-refractivity contribution in [3.63, 3.8) is 0 Å². The number of hydrogen-bond acceptors (Lipinski definition) is 3. The number of benzene rings is 1. The molecule has 0 radical (unpaired) electrons. The van der Waals surface area contributed by atoms with Crippen molar-refractivity contribution in [3.8, 4) is 0 Å². The second-order valence-electron chi connectivity index (χ2n) is 5.26. The summed E-state index contributed by atoms with van der Waals surface area (Å²) in [5, 5.41) is 10.3. The normalized spacial score (nSPS) is 10.7. The first-order valence-electron chi connectivity index (χ1n) is 7.29. The molecule has 0 atom stereocenters. The lowest BCUT2D eigenvalue weighted by atomic mass is 10.2. The number of hydrogen-bond donors (Lipinski definition) is 2. The molecule has 5 nitrogen and oxygen atoms in total. The van der Waals surface area contributed by atoms with Gasteiger partial charge in [0.15, 0.2) is 0 Å². The van der Waals surface area contributed by atoms with E-state index in [9.17, 15) is 4.79 Å². The van der Waals surface area contributed by atoms with E-state index in [0.29, 0.717) is 11.3 Å². The van der Waals surface area contributed by atoms with Crippen molar-refractivity contribution >= 4 is 17.3 Å². The molecule has 5 heteroatoms. The molecule has 0 aliphatic rings. The van der Waals surface area contributed by atoms with Crippen molar-refractivity contribution in [1.29, 1.82) is 0 Å². The summed E-state index contributed by atoms with van der Waals surface area (Å²) >= 11 is 0. The Hall–Kier alpha value is -2.30. The molecule has 0 aliphatic heterocycles. The highest BCUT2D eigenvalue weighted by atomic mass is 16.1. The molecule has 112 valence electrons. The van der Waals surface area contributed by atoms with Gasteiger partial charge in [-0.1, -0.05) is 6.92 Å². The number of anilines is 2. The SMILES string of the molecule is CCCNc1ccc(C(=O)Nc2cnn(C(C)C)c2)cc1. The van der Waals surface area contributed by atoms with Crippen LogP contribution in [0, 0.1) is 0 Å². The number of nitrogens with zero attached hydrogens (tertiary/aromatic N) is 2. The summed E-state index contributed by atoms with van der Waals surface area (Å²) in [5.41, 5.74) is 2.37. The Morgan fingerprint density at radius 1 is 1.24 bits per heavy atom. The zero-order valence-electron chi connectivity index (χ0n) is 12.8. The highest BCUT2D eigenvalue weighted by molar-refractivity contribution is 6.04. The minimum Gasteiger partial charge on any atom is -0.385 e. The number of nitrogens with one attached hydrogen (secondary N) is 2. The molecular formula is C16H22N4O. The molecule has 0 saturated carbocycles. The van der Waals surface area contributed by atoms with Gasteiger partial charge < -0.3 is 10.6 Å². The fourth-order valence-electron chi connectivity index (χ4n) is 1.90. The van der Waals surface area contributed by atoms with Crippen LogP contribution in [-0.2, 0) is 0 Å². The lowest BCUT2D eigenvalue weighted by Crippen LogP contribution is -2.11. The van der Waals surface area contributed by atoms with Crippen molar-refractivity contribution in [2.45, 2.75) is 33.2 Å². The predicted octanol–water partition coefficient (Wildman–Crippen LogP) is 3.54. The maximum Gasteiger partial charge on any atom is 0.255 e. The standard InChI is InChI=1S/C16H22N4O/c1-4-9-17-14-7-5-13(6-8-14)16(21)19-15-10-18-20(11-15)12(2)3/h5-8,10-12,17H,4,9H2,1-3H3,(H,19,21). The maximum absolute atomic E-state index is 12.1. The van der Waals surface area contributed by atoms with Gasteiger partial charge in [-0.25, -0.2) is 0 Å². The van der Waals surface area contributed by atoms with Crippen LogP contribution in [0.4, 0.5) is 11.4 Å². The predicted molar refractivity (Wildman–Crippen MR) is 85.8 cm³/mol. The monoisotopic (exact) mass is 286 g/mol. The van der Waals surface area contributed by atoms with Crippen LogP contribution in [0.3, 0.4) is 0 Å². The van der Waals surface area contributed by atoms with E-state index in [1.165, 1.54) is 0 Å². The molecule has 1 amide bonds. The molecule has 2 rings (SSSR count). The first kappa shape index (κ1) is 15.1. The number of aromatic nitrogens is 2. The summed E-state index contributed by atoms with van der Waals surface area (Å²) in [5.74, 6) is -0.125. The van der Waals surface area contributed by atoms with Crippen LogP contribution >= 0.6 is 0 Å². The Bertz CT molecular complexity index is 587. The smallest absolute Gasteiger partial charge is 0.255 e. The largest absolute Gasteiger partial charge is 0.385 e. The molecule has 2 N–H and O–H groups in total. The summed E-state index contributed by atoms with van der Waals surface area (Å²) in [6.45, 7) is 7.13. The Kier molecular flexibility index (Phi) is 4.98. The molecule has 0 unspecified atom stereocenters. The fourth-order valence-corrected chi connectivity index (χ4v) is 1.90. The van der Waals surface area contributed by atoms with Crippen LogP contribution < -0.4 is 10.6 Å². The van der Waals surface area contributed by atoms with Gasteiger partial charge in [-0.05, 0) is 44.5 Å². The van der Waals surface area contributed by atoms with Crippen LogP contribution in [0.25, 0.3) is 0 Å². The molecule has 0 saturated heterocycles. The van der Waals surface area contributed by atoms with Crippen LogP contribution in [-0.4, -0.2) is 22.2 Å². The van der Waals surface area contributed by atoms with Crippen molar-refractivity contribution in [1.82, 2.24) is 9.78 Å². The topological polar surface area (TPSA) is 59.0 Å². The second kappa shape index (κ2) is 6.92. The van der Waals surface area contributed by atoms with Crippen molar-refractivity contribution < 1.29 is 4.79 Å². The van der Waals surface area contributed by atoms with Crippen LogP contribution in [0.1, 0.15) is 43.6 Å². The zero-order valence-corrected chi connectivity index (χ0v) is 12.8. The van der Waals surface area contributed by atoms with Gasteiger partial charge in [0.05, 0.1) is 11.9 Å². The van der Waals surface area contributed by atoms with Gasteiger partial charge in [0, 0.05) is 30.0 Å². The quantitative estimate of drug-likeness (QED) is 0.854. The van der Waals surface area contributed by atoms with E-state index in [4.69, 9.17) is 0 Å². The summed E-state index contributed by atoms with van der Waals surface area (Å²) in [4.78, 5) is 12.1. The van der Waals surface area contributed by atoms with Gasteiger partial charge in [0.25, 0.3) is 5.91 Å². The lowest BCUT2D eigenvalue weighted by molar-refractivity contribution is 0.102. The highest BCUT2D eigenvalue weighted by Crippen LogP contribution is 2.13. The average molecular weight is 286 g/mol. The zero-order chi connectivity index (χ0) is 15.2. The molecule has 0 spiro atoms. The highest BCUT2D eigenvalue weighted by Gasteiger charge is 2.08. The fraction of sp³-hybridized carbons (Fsp3) is 0.375. The molecule has 1 aromatic carbocycles. The molecule has 1 aromatic heterocycles. The van der Waals surface area contributed by atoms with Crippen molar-refractivity contribution in [2.75, 3.05) is 17.2 Å². The molecule has 2 aromatic rings. The van der Waals surface area contributed by atoms with Gasteiger partial charge >= 0.3 is 0 Å². The van der Waals surface area contributed by atoms with Gasteiger partial charge in [0.1, 0.15) is 0 Å². The van der Waals surface area contributed by atoms with E-state index in [1.54, 1.807) is 6.20 Å². The van der Waals surface area contributed by atoms with Crippen LogP contribution in [0.15, 0.2) is 36.7 Å². The molecule has 0 fully saturated rings. The average Bonchev–Trinajstić information content (AvgIpc) is 2.94. The van der Waals surface area contributed by atoms with E-state index in [1.807, 2.05) is 49.0 Å². The van der Waals surface area contributed by atoms with E-state index in [-0.39, 0.29) is 11.9 Å². The third-order valence-electron chi connectivity index (χ3n) is 3.11. The minimum absolute atomic E-state index is 0.125. The van der Waals surface area contributed by atoms with Gasteiger partial charge in [-0.3, -0.25) is 9.48 Å². The summed E-state index contributed by atoms with van der Waals surface area (Å²) in [7, 11) is 0. The van der Waals surface area contributed by atoms with Crippen LogP contribution in [0.2, 0.25) is 0 Å². The summed E-state index contributed by atoms with van der Waals surface area (Å²) in [6.07, 6.45) is 4.57. The third kappa shape index (κ3) is 4.08. The van der Waals surface area contributed by atoms with E-state index >= 15 is 0 Å². The van der Waals surface area contributed by atoms with E-state index in [2.05, 4.69) is 22.7 Å². The van der Waals surface area contributed by atoms with E-state index in [0.717, 1.165) is 18.7 Å². The first-order valence-corrected chi connectivity index (χ1v) is 7.29. The molecule has 0 bridgehead atoms. The minimum atomic E-state index is -0.125. The first-order chi connectivity index (χ1) is 10.1. The van der Waals surface area contributed by atoms with Crippen molar-refractivity contribution in [3.05, 3.63) is 42.2 Å². The second-order valence-corrected chi connectivity index (χ2v) is 5.26. The van der Waals surface area contributed by atoms with Crippen molar-refractivity contribution in [2.24, 2.45) is 0 Å². The number of carbonyl (C=O) groups excluding carboxylic acids is 1. The van der Waals surface area contributed by atoms with Crippen LogP contribution in [0.5, 0.6) is 0 Å². The Balaban J connectivity index is 1.99. The Morgan fingerprint density at radius 3 is 2.52 bits per heavy atom. The van der Waals surface area contributed by atoms with Gasteiger partial charge in [-0.2, -0.15) is 5.10 Å². The number of amides is 1. The Morgan fingerprint density at radius 2 is 1.95 bits per heavy atom. The Labute approximate surface area is 125 Å². The number of rotatable bonds is 6. The maximum atomic E-state index is 12.1. The van der Waals surface area contributed by atoms with Gasteiger partial charge in [-0.15, -0.1) is 0 Å². The lowest BCUT2D eigenvalue weighted by Gasteiger charge is -2.06. The molecule has 21 heavy (non-hydrogen) atoms. The molecular weight excluding hydrogens is 264 g/mol. The molecule has 1 heterocycles. The summed E-state index contributed by atoms with van der Waals surface area (Å²) < 4.78 is 1.81. The third-order valence-corrected chi connectivity index (χ3v) is 3.11.